The molecule has 0 amide bonds. The lowest BCUT2D eigenvalue weighted by Gasteiger charge is -2.36. The summed E-state index contributed by atoms with van der Waals surface area (Å²) in [6.07, 6.45) is 19.1. The predicted molar refractivity (Wildman–Crippen MR) is 93.6 cm³/mol. The number of rotatable bonds is 8. The van der Waals surface area contributed by atoms with Crippen LogP contribution in [0.2, 0.25) is 0 Å². The van der Waals surface area contributed by atoms with E-state index in [0.29, 0.717) is 0 Å². The summed E-state index contributed by atoms with van der Waals surface area (Å²) in [5.41, 5.74) is 0. The third-order valence-electron chi connectivity index (χ3n) is 6.24. The Labute approximate surface area is 133 Å². The van der Waals surface area contributed by atoms with Gasteiger partial charge in [-0.25, -0.2) is 0 Å². The lowest BCUT2D eigenvalue weighted by molar-refractivity contribution is 0.190. The van der Waals surface area contributed by atoms with E-state index in [4.69, 9.17) is 0 Å². The average molecular weight is 294 g/mol. The van der Waals surface area contributed by atoms with Crippen molar-refractivity contribution in [1.29, 1.82) is 0 Å². The highest BCUT2D eigenvalue weighted by atomic mass is 14.9. The quantitative estimate of drug-likeness (QED) is 0.584. The van der Waals surface area contributed by atoms with Gasteiger partial charge in [0.2, 0.25) is 0 Å². The van der Waals surface area contributed by atoms with Gasteiger partial charge in [-0.15, -0.1) is 0 Å². The SMILES string of the molecule is CCCNC(CCC1CCCCC1)C1CCCC(CC)C1. The Morgan fingerprint density at radius 2 is 1.67 bits per heavy atom. The summed E-state index contributed by atoms with van der Waals surface area (Å²) in [5.74, 6) is 3.04. The van der Waals surface area contributed by atoms with Gasteiger partial charge in [0.25, 0.3) is 0 Å². The Morgan fingerprint density at radius 1 is 0.905 bits per heavy atom. The normalized spacial score (nSPS) is 29.4. The van der Waals surface area contributed by atoms with Crippen LogP contribution < -0.4 is 5.32 Å². The first kappa shape index (κ1) is 17.3. The van der Waals surface area contributed by atoms with Crippen LogP contribution in [0, 0.1) is 17.8 Å². The van der Waals surface area contributed by atoms with Crippen LogP contribution in [0.15, 0.2) is 0 Å². The molecule has 0 aromatic carbocycles. The summed E-state index contributed by atoms with van der Waals surface area (Å²) in [4.78, 5) is 0. The maximum atomic E-state index is 3.92. The van der Waals surface area contributed by atoms with Crippen LogP contribution in [-0.2, 0) is 0 Å². The molecular formula is C20H39N. The number of nitrogens with one attached hydrogen (secondary N) is 1. The van der Waals surface area contributed by atoms with E-state index in [1.165, 1.54) is 90.0 Å². The zero-order valence-corrected chi connectivity index (χ0v) is 14.7. The summed E-state index contributed by atoms with van der Waals surface area (Å²) in [6.45, 7) is 5.92. The molecule has 1 heteroatoms. The van der Waals surface area contributed by atoms with E-state index in [-0.39, 0.29) is 0 Å². The van der Waals surface area contributed by atoms with Crippen LogP contribution in [-0.4, -0.2) is 12.6 Å². The molecule has 3 atom stereocenters. The minimum Gasteiger partial charge on any atom is -0.314 e. The van der Waals surface area contributed by atoms with Gasteiger partial charge >= 0.3 is 0 Å². The second kappa shape index (κ2) is 9.87. The smallest absolute Gasteiger partial charge is 0.00955 e. The standard InChI is InChI=1S/C20H39N/c1-3-15-21-20(14-13-18-9-6-5-7-10-18)19-12-8-11-17(4-2)16-19/h17-21H,3-16H2,1-2H3. The second-order valence-electron chi connectivity index (χ2n) is 7.84. The highest BCUT2D eigenvalue weighted by Gasteiger charge is 2.28. The fourth-order valence-corrected chi connectivity index (χ4v) is 4.79. The van der Waals surface area contributed by atoms with Crippen molar-refractivity contribution in [3.63, 3.8) is 0 Å². The van der Waals surface area contributed by atoms with Crippen molar-refractivity contribution < 1.29 is 0 Å². The van der Waals surface area contributed by atoms with Crippen LogP contribution in [0.4, 0.5) is 0 Å². The summed E-state index contributed by atoms with van der Waals surface area (Å²) < 4.78 is 0. The van der Waals surface area contributed by atoms with Crippen molar-refractivity contribution in [2.45, 2.75) is 103 Å². The van der Waals surface area contributed by atoms with Crippen molar-refractivity contribution >= 4 is 0 Å². The minimum absolute atomic E-state index is 0.821. The monoisotopic (exact) mass is 293 g/mol. The Bertz CT molecular complexity index is 257. The molecule has 1 N–H and O–H groups in total. The molecule has 0 saturated heterocycles. The van der Waals surface area contributed by atoms with Gasteiger partial charge in [0.15, 0.2) is 0 Å². The van der Waals surface area contributed by atoms with Crippen molar-refractivity contribution in [3.8, 4) is 0 Å². The average Bonchev–Trinajstić information content (AvgIpc) is 2.56. The van der Waals surface area contributed by atoms with E-state index in [1.807, 2.05) is 0 Å². The molecule has 2 aliphatic rings. The molecule has 0 aromatic rings. The zero-order chi connectivity index (χ0) is 14.9. The van der Waals surface area contributed by atoms with E-state index in [9.17, 15) is 0 Å². The molecule has 21 heavy (non-hydrogen) atoms. The molecule has 0 bridgehead atoms. The van der Waals surface area contributed by atoms with E-state index in [0.717, 1.165) is 23.8 Å². The maximum absolute atomic E-state index is 3.92. The fraction of sp³-hybridized carbons (Fsp3) is 1.00. The third-order valence-corrected chi connectivity index (χ3v) is 6.24. The molecule has 2 rings (SSSR count). The molecule has 1 nitrogen and oxygen atoms in total. The topological polar surface area (TPSA) is 12.0 Å². The van der Waals surface area contributed by atoms with Gasteiger partial charge in [0, 0.05) is 6.04 Å². The molecule has 2 aliphatic carbocycles. The molecule has 0 radical (unpaired) electrons. The molecule has 0 aromatic heterocycles. The first-order valence-corrected chi connectivity index (χ1v) is 10.1. The largest absolute Gasteiger partial charge is 0.314 e. The Balaban J connectivity index is 1.80. The highest BCUT2D eigenvalue weighted by molar-refractivity contribution is 4.83. The molecule has 3 unspecified atom stereocenters. The molecular weight excluding hydrogens is 254 g/mol. The minimum atomic E-state index is 0.821. The van der Waals surface area contributed by atoms with E-state index in [2.05, 4.69) is 19.2 Å². The predicted octanol–water partition coefficient (Wildman–Crippen LogP) is 5.93. The second-order valence-corrected chi connectivity index (χ2v) is 7.84. The van der Waals surface area contributed by atoms with E-state index < -0.39 is 0 Å². The summed E-state index contributed by atoms with van der Waals surface area (Å²) in [6, 6.07) is 0.821. The first-order valence-electron chi connectivity index (χ1n) is 10.1. The summed E-state index contributed by atoms with van der Waals surface area (Å²) >= 11 is 0. The van der Waals surface area contributed by atoms with Crippen LogP contribution in [0.1, 0.15) is 97.3 Å². The van der Waals surface area contributed by atoms with Crippen LogP contribution in [0.5, 0.6) is 0 Å². The van der Waals surface area contributed by atoms with Gasteiger partial charge in [0.05, 0.1) is 0 Å². The molecule has 124 valence electrons. The lowest BCUT2D eigenvalue weighted by Crippen LogP contribution is -2.39. The molecule has 0 aliphatic heterocycles. The highest BCUT2D eigenvalue weighted by Crippen LogP contribution is 2.35. The van der Waals surface area contributed by atoms with Gasteiger partial charge in [-0.3, -0.25) is 0 Å². The van der Waals surface area contributed by atoms with E-state index in [1.54, 1.807) is 0 Å². The fourth-order valence-electron chi connectivity index (χ4n) is 4.79. The molecule has 2 fully saturated rings. The van der Waals surface area contributed by atoms with Crippen LogP contribution in [0.3, 0.4) is 0 Å². The van der Waals surface area contributed by atoms with Crippen molar-refractivity contribution in [3.05, 3.63) is 0 Å². The molecule has 0 spiro atoms. The van der Waals surface area contributed by atoms with Crippen molar-refractivity contribution in [1.82, 2.24) is 5.32 Å². The van der Waals surface area contributed by atoms with Gasteiger partial charge in [-0.1, -0.05) is 65.2 Å². The van der Waals surface area contributed by atoms with Gasteiger partial charge in [0.1, 0.15) is 0 Å². The zero-order valence-electron chi connectivity index (χ0n) is 14.7. The van der Waals surface area contributed by atoms with Gasteiger partial charge in [-0.2, -0.15) is 0 Å². The molecule has 2 saturated carbocycles. The Morgan fingerprint density at radius 3 is 2.38 bits per heavy atom. The van der Waals surface area contributed by atoms with Crippen LogP contribution >= 0.6 is 0 Å². The van der Waals surface area contributed by atoms with E-state index >= 15 is 0 Å². The third kappa shape index (κ3) is 5.93. The first-order chi connectivity index (χ1) is 10.3. The lowest BCUT2D eigenvalue weighted by atomic mass is 9.74. The van der Waals surface area contributed by atoms with Crippen molar-refractivity contribution in [2.75, 3.05) is 6.54 Å². The Kier molecular flexibility index (Phi) is 8.14. The van der Waals surface area contributed by atoms with Gasteiger partial charge in [-0.05, 0) is 56.4 Å². The molecule has 0 heterocycles. The maximum Gasteiger partial charge on any atom is 0.00955 e. The van der Waals surface area contributed by atoms with Crippen LogP contribution in [0.25, 0.3) is 0 Å². The van der Waals surface area contributed by atoms with Crippen molar-refractivity contribution in [2.24, 2.45) is 17.8 Å². The van der Waals surface area contributed by atoms with Gasteiger partial charge < -0.3 is 5.32 Å². The Hall–Kier alpha value is -0.0400. The summed E-state index contributed by atoms with van der Waals surface area (Å²) in [7, 11) is 0. The number of hydrogen-bond donors (Lipinski definition) is 1. The number of hydrogen-bond acceptors (Lipinski definition) is 1. The summed E-state index contributed by atoms with van der Waals surface area (Å²) in [5, 5.41) is 3.92.